The van der Waals surface area contributed by atoms with Gasteiger partial charge in [0.1, 0.15) is 5.82 Å². The van der Waals surface area contributed by atoms with E-state index in [1.807, 2.05) is 41.4 Å². The second-order valence-corrected chi connectivity index (χ2v) is 7.63. The van der Waals surface area contributed by atoms with Crippen LogP contribution in [0, 0.1) is 12.8 Å². The van der Waals surface area contributed by atoms with Crippen LogP contribution in [0.5, 0.6) is 0 Å². The smallest absolute Gasteiger partial charge is 0.253 e. The highest BCUT2D eigenvalue weighted by Gasteiger charge is 2.36. The van der Waals surface area contributed by atoms with Gasteiger partial charge in [-0.15, -0.1) is 0 Å². The molecule has 2 aromatic heterocycles. The van der Waals surface area contributed by atoms with Crippen LogP contribution >= 0.6 is 0 Å². The molecule has 1 saturated heterocycles. The van der Waals surface area contributed by atoms with Crippen LogP contribution in [0.3, 0.4) is 0 Å². The molecule has 5 nitrogen and oxygen atoms in total. The number of likely N-dealkylation sites (tertiary alicyclic amines) is 1. The number of aryl methyl sites for hydroxylation is 1. The maximum absolute atomic E-state index is 12.8. The zero-order chi connectivity index (χ0) is 17.7. The number of carbonyl (C=O) groups is 1. The molecule has 0 atom stereocenters. The van der Waals surface area contributed by atoms with E-state index in [9.17, 15) is 4.79 Å². The molecule has 132 valence electrons. The molecule has 1 aliphatic carbocycles. The summed E-state index contributed by atoms with van der Waals surface area (Å²) in [5.41, 5.74) is 2.89. The predicted molar refractivity (Wildman–Crippen MR) is 100 cm³/mol. The summed E-state index contributed by atoms with van der Waals surface area (Å²) in [5.74, 6) is 2.43. The Morgan fingerprint density at radius 2 is 2.04 bits per heavy atom. The highest BCUT2D eigenvalue weighted by atomic mass is 16.2. The van der Waals surface area contributed by atoms with E-state index in [-0.39, 0.29) is 5.91 Å². The van der Waals surface area contributed by atoms with E-state index in [2.05, 4.69) is 21.5 Å². The maximum Gasteiger partial charge on any atom is 0.253 e. The van der Waals surface area contributed by atoms with Gasteiger partial charge in [-0.2, -0.15) is 0 Å². The average Bonchev–Trinajstić information content (AvgIpc) is 3.38. The van der Waals surface area contributed by atoms with Gasteiger partial charge in [0.25, 0.3) is 5.91 Å². The van der Waals surface area contributed by atoms with E-state index in [1.54, 1.807) is 6.20 Å². The van der Waals surface area contributed by atoms with Crippen molar-refractivity contribution in [3.05, 3.63) is 59.8 Å². The Kier molecular flexibility index (Phi) is 3.55. The molecule has 2 fully saturated rings. The number of imidazole rings is 1. The molecule has 1 aromatic carbocycles. The van der Waals surface area contributed by atoms with Crippen LogP contribution in [0.1, 0.15) is 40.6 Å². The molecule has 0 unspecified atom stereocenters. The van der Waals surface area contributed by atoms with Crippen molar-refractivity contribution in [1.82, 2.24) is 19.4 Å². The molecule has 0 bridgehead atoms. The van der Waals surface area contributed by atoms with Gasteiger partial charge < -0.3 is 9.47 Å². The minimum absolute atomic E-state index is 0.101. The normalized spacial score (nSPS) is 17.5. The molecular formula is C21H22N4O. The van der Waals surface area contributed by atoms with Gasteiger partial charge in [-0.05, 0) is 49.9 Å². The fourth-order valence-electron chi connectivity index (χ4n) is 3.80. The Bertz CT molecular complexity index is 983. The number of carbonyl (C=O) groups excluding carboxylic acids is 1. The molecule has 0 radical (unpaired) electrons. The Hall–Kier alpha value is -2.69. The summed E-state index contributed by atoms with van der Waals surface area (Å²) < 4.78 is 2.37. The van der Waals surface area contributed by atoms with Crippen LogP contribution < -0.4 is 0 Å². The topological polar surface area (TPSA) is 51.0 Å². The van der Waals surface area contributed by atoms with Gasteiger partial charge in [0.05, 0.1) is 11.4 Å². The Balaban J connectivity index is 1.31. The molecule has 26 heavy (non-hydrogen) atoms. The predicted octanol–water partition coefficient (Wildman–Crippen LogP) is 3.39. The first kappa shape index (κ1) is 15.6. The fraction of sp³-hybridized carbons (Fsp3) is 0.381. The van der Waals surface area contributed by atoms with Gasteiger partial charge in [0, 0.05) is 48.7 Å². The zero-order valence-corrected chi connectivity index (χ0v) is 14.9. The summed E-state index contributed by atoms with van der Waals surface area (Å²) in [4.78, 5) is 23.7. The number of rotatable bonds is 4. The van der Waals surface area contributed by atoms with Crippen LogP contribution in [0.15, 0.2) is 42.7 Å². The zero-order valence-electron chi connectivity index (χ0n) is 14.9. The fourth-order valence-corrected chi connectivity index (χ4v) is 3.80. The number of nitrogens with zero attached hydrogens (tertiary/aromatic N) is 4. The first-order valence-electron chi connectivity index (χ1n) is 9.35. The largest absolute Gasteiger partial charge is 0.337 e. The van der Waals surface area contributed by atoms with Crippen molar-refractivity contribution in [2.75, 3.05) is 13.1 Å². The number of amides is 1. The van der Waals surface area contributed by atoms with E-state index in [1.165, 1.54) is 18.5 Å². The summed E-state index contributed by atoms with van der Waals surface area (Å²) in [6, 6.07) is 9.64. The molecule has 5 heteroatoms. The van der Waals surface area contributed by atoms with Crippen molar-refractivity contribution >= 4 is 16.8 Å². The van der Waals surface area contributed by atoms with E-state index in [4.69, 9.17) is 0 Å². The molecule has 2 aliphatic rings. The minimum Gasteiger partial charge on any atom is -0.337 e. The number of benzene rings is 1. The van der Waals surface area contributed by atoms with Crippen LogP contribution in [-0.4, -0.2) is 38.4 Å². The molecule has 3 aromatic rings. The Morgan fingerprint density at radius 3 is 2.85 bits per heavy atom. The molecule has 1 amide bonds. The second kappa shape index (κ2) is 5.94. The molecule has 3 heterocycles. The molecule has 1 saturated carbocycles. The van der Waals surface area contributed by atoms with Crippen molar-refractivity contribution in [3.63, 3.8) is 0 Å². The van der Waals surface area contributed by atoms with Crippen molar-refractivity contribution in [2.24, 2.45) is 5.92 Å². The number of hydrogen-bond acceptors (Lipinski definition) is 3. The van der Waals surface area contributed by atoms with Gasteiger partial charge in [-0.1, -0.05) is 6.07 Å². The van der Waals surface area contributed by atoms with E-state index in [0.717, 1.165) is 47.8 Å². The van der Waals surface area contributed by atoms with Crippen molar-refractivity contribution in [3.8, 4) is 0 Å². The van der Waals surface area contributed by atoms with Gasteiger partial charge in [-0.3, -0.25) is 9.78 Å². The lowest BCUT2D eigenvalue weighted by Crippen LogP contribution is -2.49. The lowest BCUT2D eigenvalue weighted by molar-refractivity contribution is 0.0591. The third-order valence-electron chi connectivity index (χ3n) is 5.61. The van der Waals surface area contributed by atoms with Gasteiger partial charge >= 0.3 is 0 Å². The third-order valence-corrected chi connectivity index (χ3v) is 5.61. The van der Waals surface area contributed by atoms with Crippen LogP contribution in [0.4, 0.5) is 0 Å². The summed E-state index contributed by atoms with van der Waals surface area (Å²) >= 11 is 0. The van der Waals surface area contributed by atoms with Crippen LogP contribution in [0.2, 0.25) is 0 Å². The quantitative estimate of drug-likeness (QED) is 0.728. The number of fused-ring (bicyclic) bond motifs is 1. The summed E-state index contributed by atoms with van der Waals surface area (Å²) in [6.07, 6.45) is 6.42. The third kappa shape index (κ3) is 2.68. The number of aromatic nitrogens is 3. The summed E-state index contributed by atoms with van der Waals surface area (Å²) in [7, 11) is 0. The molecule has 1 aliphatic heterocycles. The average molecular weight is 346 g/mol. The first-order valence-corrected chi connectivity index (χ1v) is 9.35. The Labute approximate surface area is 152 Å². The second-order valence-electron chi connectivity index (χ2n) is 7.63. The standard InChI is InChI=1S/C21H22N4O/c1-14-10-23-20(25(14)11-15-4-5-15)18-12-24(13-18)21(26)17-6-7-19-16(9-17)3-2-8-22-19/h2-3,6-10,15,18H,4-5,11-13H2,1H3. The van der Waals surface area contributed by atoms with Crippen molar-refractivity contribution < 1.29 is 4.79 Å². The van der Waals surface area contributed by atoms with Crippen molar-refractivity contribution in [2.45, 2.75) is 32.2 Å². The lowest BCUT2D eigenvalue weighted by atomic mass is 9.97. The van der Waals surface area contributed by atoms with E-state index < -0.39 is 0 Å². The SMILES string of the molecule is Cc1cnc(C2CN(C(=O)c3ccc4ncccc4c3)C2)n1CC1CC1. The first-order chi connectivity index (χ1) is 12.7. The van der Waals surface area contributed by atoms with E-state index in [0.29, 0.717) is 5.92 Å². The highest BCUT2D eigenvalue weighted by Crippen LogP contribution is 2.34. The monoisotopic (exact) mass is 346 g/mol. The molecule has 5 rings (SSSR count). The van der Waals surface area contributed by atoms with Gasteiger partial charge in [-0.25, -0.2) is 4.98 Å². The maximum atomic E-state index is 12.8. The summed E-state index contributed by atoms with van der Waals surface area (Å²) in [6.45, 7) is 4.73. The van der Waals surface area contributed by atoms with Gasteiger partial charge in [0.2, 0.25) is 0 Å². The van der Waals surface area contributed by atoms with Crippen LogP contribution in [-0.2, 0) is 6.54 Å². The highest BCUT2D eigenvalue weighted by molar-refractivity contribution is 5.98. The van der Waals surface area contributed by atoms with Crippen LogP contribution in [0.25, 0.3) is 10.9 Å². The molecular weight excluding hydrogens is 324 g/mol. The number of hydrogen-bond donors (Lipinski definition) is 0. The Morgan fingerprint density at radius 1 is 1.19 bits per heavy atom. The molecule has 0 N–H and O–H groups in total. The van der Waals surface area contributed by atoms with Gasteiger partial charge in [0.15, 0.2) is 0 Å². The van der Waals surface area contributed by atoms with E-state index >= 15 is 0 Å². The number of pyridine rings is 1. The molecule has 0 spiro atoms. The lowest BCUT2D eigenvalue weighted by Gasteiger charge is -2.39. The van der Waals surface area contributed by atoms with Crippen molar-refractivity contribution in [1.29, 1.82) is 0 Å². The summed E-state index contributed by atoms with van der Waals surface area (Å²) in [5, 5.41) is 1.01. The minimum atomic E-state index is 0.101.